The van der Waals surface area contributed by atoms with Crippen molar-refractivity contribution in [2.75, 3.05) is 0 Å². The number of aromatic amines is 1. The van der Waals surface area contributed by atoms with Crippen LogP contribution in [0, 0.1) is 10.1 Å². The maximum Gasteiger partial charge on any atom is 0.310 e. The van der Waals surface area contributed by atoms with Crippen LogP contribution >= 0.6 is 0 Å². The minimum Gasteiger partial charge on any atom is -0.376 e. The monoisotopic (exact) mass is 225 g/mol. The maximum atomic E-state index is 10.8. The van der Waals surface area contributed by atoms with Crippen LogP contribution < -0.4 is 0 Å². The lowest BCUT2D eigenvalue weighted by molar-refractivity contribution is -0.385. The molecule has 1 aliphatic heterocycles. The SMILES string of the molecule is CC1CC(c2[nH]ncc2[N+](=O)[O-])CC(C)O1. The predicted octanol–water partition coefficient (Wildman–Crippen LogP) is 1.99. The highest BCUT2D eigenvalue weighted by Crippen LogP contribution is 2.35. The molecule has 1 fully saturated rings. The summed E-state index contributed by atoms with van der Waals surface area (Å²) in [4.78, 5) is 10.4. The van der Waals surface area contributed by atoms with Gasteiger partial charge in [-0.15, -0.1) is 0 Å². The Morgan fingerprint density at radius 1 is 1.50 bits per heavy atom. The number of aromatic nitrogens is 2. The summed E-state index contributed by atoms with van der Waals surface area (Å²) in [6.45, 7) is 3.98. The summed E-state index contributed by atoms with van der Waals surface area (Å²) in [7, 11) is 0. The van der Waals surface area contributed by atoms with Gasteiger partial charge >= 0.3 is 5.69 Å². The first-order chi connectivity index (χ1) is 7.58. The summed E-state index contributed by atoms with van der Waals surface area (Å²) in [5.74, 6) is 0.140. The van der Waals surface area contributed by atoms with E-state index in [2.05, 4.69) is 10.2 Å². The summed E-state index contributed by atoms with van der Waals surface area (Å²) >= 11 is 0. The molecule has 0 spiro atoms. The molecule has 88 valence electrons. The van der Waals surface area contributed by atoms with Crippen molar-refractivity contribution in [1.82, 2.24) is 10.2 Å². The molecule has 6 heteroatoms. The molecule has 0 amide bonds. The topological polar surface area (TPSA) is 81.0 Å². The van der Waals surface area contributed by atoms with E-state index in [1.165, 1.54) is 6.20 Å². The predicted molar refractivity (Wildman–Crippen MR) is 57.2 cm³/mol. The molecule has 2 rings (SSSR count). The average molecular weight is 225 g/mol. The molecule has 1 aromatic heterocycles. The molecule has 6 nitrogen and oxygen atoms in total. The number of rotatable bonds is 2. The lowest BCUT2D eigenvalue weighted by Gasteiger charge is -2.31. The van der Waals surface area contributed by atoms with E-state index in [0.717, 1.165) is 12.8 Å². The number of H-pyrrole nitrogens is 1. The van der Waals surface area contributed by atoms with Crippen LogP contribution in [0.15, 0.2) is 6.20 Å². The molecule has 0 radical (unpaired) electrons. The fraction of sp³-hybridized carbons (Fsp3) is 0.700. The number of hydrogen-bond donors (Lipinski definition) is 1. The van der Waals surface area contributed by atoms with Gasteiger partial charge in [-0.25, -0.2) is 0 Å². The maximum absolute atomic E-state index is 10.8. The molecule has 2 heterocycles. The molecule has 2 atom stereocenters. The van der Waals surface area contributed by atoms with Crippen LogP contribution in [0.1, 0.15) is 38.3 Å². The number of ether oxygens (including phenoxy) is 1. The van der Waals surface area contributed by atoms with Gasteiger partial charge in [0.05, 0.1) is 17.1 Å². The smallest absolute Gasteiger partial charge is 0.310 e. The standard InChI is InChI=1S/C10H15N3O3/c1-6-3-8(4-7(2)16-6)10-9(13(14)15)5-11-12-10/h5-8H,3-4H2,1-2H3,(H,11,12). The molecule has 1 N–H and O–H groups in total. The third kappa shape index (κ3) is 2.06. The number of hydrogen-bond acceptors (Lipinski definition) is 4. The zero-order valence-corrected chi connectivity index (χ0v) is 9.34. The number of nitrogens with one attached hydrogen (secondary N) is 1. The van der Waals surface area contributed by atoms with Gasteiger partial charge in [0.2, 0.25) is 0 Å². The molecule has 0 bridgehead atoms. The Labute approximate surface area is 93.1 Å². The normalized spacial score (nSPS) is 30.2. The lowest BCUT2D eigenvalue weighted by Crippen LogP contribution is -2.28. The van der Waals surface area contributed by atoms with Crippen molar-refractivity contribution >= 4 is 5.69 Å². The molecular formula is C10H15N3O3. The largest absolute Gasteiger partial charge is 0.376 e. The van der Waals surface area contributed by atoms with E-state index in [4.69, 9.17) is 4.74 Å². The van der Waals surface area contributed by atoms with Gasteiger partial charge in [-0.3, -0.25) is 15.2 Å². The molecular weight excluding hydrogens is 210 g/mol. The second-order valence-electron chi connectivity index (χ2n) is 4.35. The second-order valence-corrected chi connectivity index (χ2v) is 4.35. The van der Waals surface area contributed by atoms with Crippen molar-refractivity contribution in [3.8, 4) is 0 Å². The Morgan fingerprint density at radius 3 is 2.69 bits per heavy atom. The van der Waals surface area contributed by atoms with Crippen LogP contribution in [-0.2, 0) is 4.74 Å². The Morgan fingerprint density at radius 2 is 2.12 bits per heavy atom. The van der Waals surface area contributed by atoms with E-state index >= 15 is 0 Å². The minimum absolute atomic E-state index is 0.0892. The van der Waals surface area contributed by atoms with E-state index in [1.54, 1.807) is 0 Å². The highest BCUT2D eigenvalue weighted by atomic mass is 16.6. The molecule has 0 saturated carbocycles. The van der Waals surface area contributed by atoms with Gasteiger partial charge in [0.25, 0.3) is 0 Å². The van der Waals surface area contributed by atoms with Gasteiger partial charge in [-0.05, 0) is 26.7 Å². The highest BCUT2D eigenvalue weighted by Gasteiger charge is 2.31. The summed E-state index contributed by atoms with van der Waals surface area (Å²) in [6.07, 6.45) is 3.15. The Bertz CT molecular complexity index is 380. The van der Waals surface area contributed by atoms with Crippen LogP contribution in [0.2, 0.25) is 0 Å². The van der Waals surface area contributed by atoms with Gasteiger partial charge in [-0.1, -0.05) is 0 Å². The third-order valence-corrected chi connectivity index (χ3v) is 2.95. The lowest BCUT2D eigenvalue weighted by atomic mass is 9.89. The van der Waals surface area contributed by atoms with E-state index in [-0.39, 0.29) is 28.7 Å². The van der Waals surface area contributed by atoms with Crippen LogP contribution in [0.25, 0.3) is 0 Å². The Balaban J connectivity index is 2.23. The van der Waals surface area contributed by atoms with Crippen molar-refractivity contribution in [3.63, 3.8) is 0 Å². The summed E-state index contributed by atoms with van der Waals surface area (Å²) in [5.41, 5.74) is 0.721. The van der Waals surface area contributed by atoms with Crippen LogP contribution in [0.4, 0.5) is 5.69 Å². The van der Waals surface area contributed by atoms with Crippen molar-refractivity contribution in [2.24, 2.45) is 0 Å². The molecule has 1 aliphatic rings. The minimum atomic E-state index is -0.385. The van der Waals surface area contributed by atoms with Crippen LogP contribution in [0.5, 0.6) is 0 Å². The van der Waals surface area contributed by atoms with Crippen molar-refractivity contribution in [2.45, 2.75) is 44.8 Å². The summed E-state index contributed by atoms with van der Waals surface area (Å²) in [6, 6.07) is 0. The molecule has 0 aromatic carbocycles. The molecule has 1 saturated heterocycles. The Kier molecular flexibility index (Phi) is 2.91. The fourth-order valence-electron chi connectivity index (χ4n) is 2.38. The number of nitro groups is 1. The van der Waals surface area contributed by atoms with Crippen molar-refractivity contribution < 1.29 is 9.66 Å². The van der Waals surface area contributed by atoms with Gasteiger partial charge in [0.15, 0.2) is 0 Å². The van der Waals surface area contributed by atoms with Crippen LogP contribution in [0.3, 0.4) is 0 Å². The molecule has 0 aliphatic carbocycles. The van der Waals surface area contributed by atoms with E-state index in [9.17, 15) is 10.1 Å². The summed E-state index contributed by atoms with van der Waals surface area (Å²) in [5, 5.41) is 17.3. The Hall–Kier alpha value is -1.43. The van der Waals surface area contributed by atoms with Gasteiger partial charge in [0.1, 0.15) is 11.9 Å². The van der Waals surface area contributed by atoms with Gasteiger partial charge in [-0.2, -0.15) is 5.10 Å². The third-order valence-electron chi connectivity index (χ3n) is 2.95. The zero-order chi connectivity index (χ0) is 11.7. The second kappa shape index (κ2) is 4.21. The first-order valence-electron chi connectivity index (χ1n) is 5.41. The molecule has 16 heavy (non-hydrogen) atoms. The zero-order valence-electron chi connectivity index (χ0n) is 9.34. The average Bonchev–Trinajstić information content (AvgIpc) is 2.63. The first-order valence-corrected chi connectivity index (χ1v) is 5.41. The van der Waals surface area contributed by atoms with Crippen molar-refractivity contribution in [3.05, 3.63) is 22.0 Å². The summed E-state index contributed by atoms with van der Waals surface area (Å²) < 4.78 is 5.61. The van der Waals surface area contributed by atoms with Crippen molar-refractivity contribution in [1.29, 1.82) is 0 Å². The highest BCUT2D eigenvalue weighted by molar-refractivity contribution is 5.35. The number of nitrogens with zero attached hydrogens (tertiary/aromatic N) is 2. The van der Waals surface area contributed by atoms with Gasteiger partial charge < -0.3 is 4.74 Å². The molecule has 1 aromatic rings. The van der Waals surface area contributed by atoms with Gasteiger partial charge in [0, 0.05) is 5.92 Å². The van der Waals surface area contributed by atoms with E-state index in [1.807, 2.05) is 13.8 Å². The van der Waals surface area contributed by atoms with Crippen LogP contribution in [-0.4, -0.2) is 27.3 Å². The quantitative estimate of drug-likeness (QED) is 0.616. The fourth-order valence-corrected chi connectivity index (χ4v) is 2.38. The van der Waals surface area contributed by atoms with E-state index in [0.29, 0.717) is 5.69 Å². The van der Waals surface area contributed by atoms with E-state index < -0.39 is 0 Å². The first kappa shape index (κ1) is 11.1. The molecule has 2 unspecified atom stereocenters.